The number of benzene rings is 1. The number of carbonyl (C=O) groups is 1. The molecule has 1 saturated heterocycles. The van der Waals surface area contributed by atoms with Crippen LogP contribution in [0, 0.1) is 0 Å². The summed E-state index contributed by atoms with van der Waals surface area (Å²) in [5.41, 5.74) is 4.49. The van der Waals surface area contributed by atoms with Crippen molar-refractivity contribution in [3.63, 3.8) is 0 Å². The van der Waals surface area contributed by atoms with E-state index in [1.54, 1.807) is 0 Å². The van der Waals surface area contributed by atoms with Crippen molar-refractivity contribution < 1.29 is 22.7 Å². The second-order valence-electron chi connectivity index (χ2n) is 4.18. The van der Waals surface area contributed by atoms with E-state index in [1.807, 2.05) is 0 Å². The number of morpholine rings is 1. The van der Waals surface area contributed by atoms with Gasteiger partial charge in [0.15, 0.2) is 0 Å². The molecule has 0 aromatic heterocycles. The molecule has 0 bridgehead atoms. The summed E-state index contributed by atoms with van der Waals surface area (Å²) in [6, 6.07) is 4.39. The maximum absolute atomic E-state index is 13.0. The third kappa shape index (κ3) is 2.71. The molecule has 0 spiro atoms. The molecule has 2 rings (SSSR count). The van der Waals surface area contributed by atoms with E-state index in [0.717, 1.165) is 11.0 Å². The van der Waals surface area contributed by atoms with Gasteiger partial charge in [0.25, 0.3) is 5.91 Å². The lowest BCUT2D eigenvalue weighted by molar-refractivity contribution is -0.137. The molecule has 104 valence electrons. The third-order valence-electron chi connectivity index (χ3n) is 2.91. The van der Waals surface area contributed by atoms with E-state index in [4.69, 9.17) is 10.5 Å². The van der Waals surface area contributed by atoms with Gasteiger partial charge in [-0.2, -0.15) is 13.2 Å². The van der Waals surface area contributed by atoms with Crippen LogP contribution < -0.4 is 10.6 Å². The van der Waals surface area contributed by atoms with E-state index in [1.165, 1.54) is 18.2 Å². The Morgan fingerprint density at radius 1 is 1.37 bits per heavy atom. The number of hydrogen-bond acceptors (Lipinski definition) is 3. The Balaban J connectivity index is 2.47. The van der Waals surface area contributed by atoms with Crippen LogP contribution in [-0.4, -0.2) is 31.7 Å². The average molecular weight is 274 g/mol. The molecule has 7 heteroatoms. The van der Waals surface area contributed by atoms with Crippen LogP contribution in [0.5, 0.6) is 0 Å². The second kappa shape index (κ2) is 5.18. The summed E-state index contributed by atoms with van der Waals surface area (Å²) in [5.74, 6) is -0.515. The van der Waals surface area contributed by atoms with Crippen molar-refractivity contribution >= 4 is 11.6 Å². The minimum Gasteiger partial charge on any atom is -0.369 e. The van der Waals surface area contributed by atoms with Crippen molar-refractivity contribution in [3.8, 4) is 0 Å². The summed E-state index contributed by atoms with van der Waals surface area (Å²) in [7, 11) is 0. The van der Waals surface area contributed by atoms with Gasteiger partial charge in [-0.3, -0.25) is 4.79 Å². The van der Waals surface area contributed by atoms with Crippen molar-refractivity contribution in [2.45, 2.75) is 12.2 Å². The summed E-state index contributed by atoms with van der Waals surface area (Å²) in [6.07, 6.45) is -4.52. The lowest BCUT2D eigenvalue weighted by atomic mass is 10.1. The standard InChI is InChI=1S/C12H13F3N2O2/c13-12(14,15)9-3-1-2-4-10(9)17-8(5-16)6-19-7-11(17)18/h1-4,8H,5-7,16H2. The molecule has 19 heavy (non-hydrogen) atoms. The lowest BCUT2D eigenvalue weighted by Crippen LogP contribution is -2.53. The Hall–Kier alpha value is -1.60. The molecule has 1 atom stereocenters. The van der Waals surface area contributed by atoms with Gasteiger partial charge in [0.05, 0.1) is 23.9 Å². The van der Waals surface area contributed by atoms with Crippen molar-refractivity contribution in [1.29, 1.82) is 0 Å². The number of carbonyl (C=O) groups excluding carboxylic acids is 1. The average Bonchev–Trinajstić information content (AvgIpc) is 2.37. The first-order valence-electron chi connectivity index (χ1n) is 5.71. The van der Waals surface area contributed by atoms with Gasteiger partial charge in [0, 0.05) is 6.54 Å². The minimum atomic E-state index is -4.52. The number of para-hydroxylation sites is 1. The lowest BCUT2D eigenvalue weighted by Gasteiger charge is -2.36. The summed E-state index contributed by atoms with van der Waals surface area (Å²) >= 11 is 0. The zero-order chi connectivity index (χ0) is 14.0. The first-order valence-corrected chi connectivity index (χ1v) is 5.71. The van der Waals surface area contributed by atoms with Crippen molar-refractivity contribution in [2.75, 3.05) is 24.7 Å². The maximum Gasteiger partial charge on any atom is 0.418 e. The molecule has 0 saturated carbocycles. The molecule has 4 nitrogen and oxygen atoms in total. The number of anilines is 1. The van der Waals surface area contributed by atoms with Crippen LogP contribution >= 0.6 is 0 Å². The van der Waals surface area contributed by atoms with Crippen molar-refractivity contribution in [1.82, 2.24) is 0 Å². The van der Waals surface area contributed by atoms with Crippen LogP contribution in [-0.2, 0) is 15.7 Å². The summed E-state index contributed by atoms with van der Waals surface area (Å²) in [4.78, 5) is 12.9. The maximum atomic E-state index is 13.0. The molecule has 1 unspecified atom stereocenters. The zero-order valence-electron chi connectivity index (χ0n) is 9.98. The normalized spacial score (nSPS) is 20.7. The van der Waals surface area contributed by atoms with Crippen LogP contribution in [0.1, 0.15) is 5.56 Å². The van der Waals surface area contributed by atoms with Gasteiger partial charge in [-0.1, -0.05) is 12.1 Å². The molecule has 1 aliphatic rings. The van der Waals surface area contributed by atoms with Crippen LogP contribution in [0.25, 0.3) is 0 Å². The van der Waals surface area contributed by atoms with Crippen LogP contribution in [0.4, 0.5) is 18.9 Å². The second-order valence-corrected chi connectivity index (χ2v) is 4.18. The number of nitrogens with zero attached hydrogens (tertiary/aromatic N) is 1. The molecular weight excluding hydrogens is 261 g/mol. The van der Waals surface area contributed by atoms with E-state index in [2.05, 4.69) is 0 Å². The monoisotopic (exact) mass is 274 g/mol. The van der Waals surface area contributed by atoms with Gasteiger partial charge in [-0.15, -0.1) is 0 Å². The topological polar surface area (TPSA) is 55.6 Å². The fourth-order valence-corrected chi connectivity index (χ4v) is 2.06. The number of halogens is 3. The van der Waals surface area contributed by atoms with Crippen LogP contribution in [0.3, 0.4) is 0 Å². The predicted molar refractivity (Wildman–Crippen MR) is 62.6 cm³/mol. The van der Waals surface area contributed by atoms with E-state index in [9.17, 15) is 18.0 Å². The molecule has 2 N–H and O–H groups in total. The smallest absolute Gasteiger partial charge is 0.369 e. The Kier molecular flexibility index (Phi) is 3.77. The van der Waals surface area contributed by atoms with Gasteiger partial charge in [-0.25, -0.2) is 0 Å². The highest BCUT2D eigenvalue weighted by Crippen LogP contribution is 2.37. The number of rotatable bonds is 2. The molecule has 1 aromatic carbocycles. The van der Waals surface area contributed by atoms with E-state index in [0.29, 0.717) is 0 Å². The molecular formula is C12H13F3N2O2. The number of amides is 1. The third-order valence-corrected chi connectivity index (χ3v) is 2.91. The van der Waals surface area contributed by atoms with Gasteiger partial charge in [-0.05, 0) is 12.1 Å². The summed E-state index contributed by atoms with van der Waals surface area (Å²) in [5, 5.41) is 0. The van der Waals surface area contributed by atoms with E-state index >= 15 is 0 Å². The number of hydrogen-bond donors (Lipinski definition) is 1. The molecule has 0 radical (unpaired) electrons. The van der Waals surface area contributed by atoms with Gasteiger partial charge < -0.3 is 15.4 Å². The SMILES string of the molecule is NCC1COCC(=O)N1c1ccccc1C(F)(F)F. The van der Waals surface area contributed by atoms with Crippen molar-refractivity contribution in [2.24, 2.45) is 5.73 Å². The quantitative estimate of drug-likeness (QED) is 0.886. The predicted octanol–water partition coefficient (Wildman–Crippen LogP) is 1.40. The van der Waals surface area contributed by atoms with E-state index < -0.39 is 23.7 Å². The zero-order valence-corrected chi connectivity index (χ0v) is 9.98. The summed E-state index contributed by atoms with van der Waals surface area (Å²) < 4.78 is 43.9. The molecule has 1 heterocycles. The van der Waals surface area contributed by atoms with Crippen molar-refractivity contribution in [3.05, 3.63) is 29.8 Å². The number of nitrogens with two attached hydrogens (primary N) is 1. The Labute approximate surface area is 107 Å². The minimum absolute atomic E-state index is 0.0396. The Morgan fingerprint density at radius 2 is 2.05 bits per heavy atom. The summed E-state index contributed by atoms with van der Waals surface area (Å²) in [6.45, 7) is -0.0605. The highest BCUT2D eigenvalue weighted by Gasteiger charge is 2.38. The Morgan fingerprint density at radius 3 is 2.68 bits per heavy atom. The molecule has 1 fully saturated rings. The van der Waals surface area contributed by atoms with Gasteiger partial charge in [0.2, 0.25) is 0 Å². The Bertz CT molecular complexity index is 476. The highest BCUT2D eigenvalue weighted by atomic mass is 19.4. The highest BCUT2D eigenvalue weighted by molar-refractivity contribution is 5.96. The number of ether oxygens (including phenoxy) is 1. The van der Waals surface area contributed by atoms with Crippen LogP contribution in [0.2, 0.25) is 0 Å². The van der Waals surface area contributed by atoms with Gasteiger partial charge >= 0.3 is 6.18 Å². The van der Waals surface area contributed by atoms with E-state index in [-0.39, 0.29) is 25.4 Å². The molecule has 1 amide bonds. The largest absolute Gasteiger partial charge is 0.418 e. The first-order chi connectivity index (χ1) is 8.95. The first kappa shape index (κ1) is 13.8. The number of alkyl halides is 3. The molecule has 1 aliphatic heterocycles. The van der Waals surface area contributed by atoms with Crippen LogP contribution in [0.15, 0.2) is 24.3 Å². The van der Waals surface area contributed by atoms with Gasteiger partial charge in [0.1, 0.15) is 6.61 Å². The fraction of sp³-hybridized carbons (Fsp3) is 0.417. The molecule has 0 aliphatic carbocycles. The molecule has 1 aromatic rings. The fourth-order valence-electron chi connectivity index (χ4n) is 2.06.